The maximum absolute atomic E-state index is 12.7. The van der Waals surface area contributed by atoms with E-state index in [-0.39, 0.29) is 11.7 Å². The summed E-state index contributed by atoms with van der Waals surface area (Å²) >= 11 is 1.53. The van der Waals surface area contributed by atoms with Gasteiger partial charge in [-0.3, -0.25) is 4.79 Å². The third-order valence-electron chi connectivity index (χ3n) is 2.99. The first kappa shape index (κ1) is 15.6. The lowest BCUT2D eigenvalue weighted by atomic mass is 10.1. The van der Waals surface area contributed by atoms with Crippen LogP contribution in [0.5, 0.6) is 0 Å². The van der Waals surface area contributed by atoms with Crippen molar-refractivity contribution in [1.82, 2.24) is 5.32 Å². The second-order valence-electron chi connectivity index (χ2n) is 4.70. The highest BCUT2D eigenvalue weighted by Gasteiger charge is 2.02. The first-order valence-electron chi connectivity index (χ1n) is 6.87. The molecule has 0 aliphatic rings. The van der Waals surface area contributed by atoms with Crippen LogP contribution in [0.2, 0.25) is 0 Å². The van der Waals surface area contributed by atoms with E-state index in [1.165, 1.54) is 29.5 Å². The van der Waals surface area contributed by atoms with E-state index in [9.17, 15) is 9.18 Å². The summed E-state index contributed by atoms with van der Waals surface area (Å²) in [7, 11) is 0. The van der Waals surface area contributed by atoms with Crippen molar-refractivity contribution >= 4 is 17.7 Å². The normalized spacial score (nSPS) is 10.3. The number of amides is 1. The number of nitrogens with one attached hydrogen (secondary N) is 1. The highest BCUT2D eigenvalue weighted by molar-refractivity contribution is 7.99. The molecule has 0 aromatic heterocycles. The van der Waals surface area contributed by atoms with Gasteiger partial charge in [0.1, 0.15) is 5.82 Å². The van der Waals surface area contributed by atoms with Crippen LogP contribution in [0.4, 0.5) is 4.39 Å². The highest BCUT2D eigenvalue weighted by atomic mass is 32.2. The molecule has 0 saturated carbocycles. The van der Waals surface area contributed by atoms with Crippen molar-refractivity contribution in [3.05, 3.63) is 71.5 Å². The fraction of sp³-hybridized carbons (Fsp3) is 0.235. The van der Waals surface area contributed by atoms with Gasteiger partial charge in [-0.1, -0.05) is 42.5 Å². The zero-order valence-electron chi connectivity index (χ0n) is 11.7. The zero-order valence-corrected chi connectivity index (χ0v) is 12.5. The topological polar surface area (TPSA) is 29.1 Å². The molecule has 2 aromatic carbocycles. The molecular weight excluding hydrogens is 285 g/mol. The van der Waals surface area contributed by atoms with E-state index in [4.69, 9.17) is 0 Å². The zero-order chi connectivity index (χ0) is 14.9. The molecule has 2 aromatic rings. The number of thioether (sulfide) groups is 1. The van der Waals surface area contributed by atoms with Gasteiger partial charge in [0.2, 0.25) is 5.91 Å². The molecule has 0 bridgehead atoms. The average molecular weight is 303 g/mol. The second-order valence-corrected chi connectivity index (χ2v) is 5.69. The minimum absolute atomic E-state index is 0.0399. The fourth-order valence-corrected chi connectivity index (χ4v) is 2.70. The van der Waals surface area contributed by atoms with Crippen LogP contribution in [0.1, 0.15) is 11.1 Å². The van der Waals surface area contributed by atoms with Crippen molar-refractivity contribution in [3.63, 3.8) is 0 Å². The van der Waals surface area contributed by atoms with Crippen LogP contribution in [-0.4, -0.2) is 18.2 Å². The van der Waals surface area contributed by atoms with Gasteiger partial charge in [0, 0.05) is 12.3 Å². The first-order valence-corrected chi connectivity index (χ1v) is 8.02. The number of benzene rings is 2. The minimum Gasteiger partial charge on any atom is -0.355 e. The summed E-state index contributed by atoms with van der Waals surface area (Å²) in [4.78, 5) is 11.7. The predicted molar refractivity (Wildman–Crippen MR) is 85.7 cm³/mol. The molecule has 0 spiro atoms. The first-order chi connectivity index (χ1) is 10.2. The third kappa shape index (κ3) is 6.00. The van der Waals surface area contributed by atoms with Crippen LogP contribution in [0.25, 0.3) is 0 Å². The van der Waals surface area contributed by atoms with E-state index < -0.39 is 0 Å². The van der Waals surface area contributed by atoms with Gasteiger partial charge in [-0.15, -0.1) is 11.8 Å². The summed E-state index contributed by atoms with van der Waals surface area (Å²) in [5.74, 6) is 0.943. The number of carbonyl (C=O) groups is 1. The lowest BCUT2D eigenvalue weighted by Gasteiger charge is -2.05. The molecule has 2 nitrogen and oxygen atoms in total. The van der Waals surface area contributed by atoms with E-state index in [1.54, 1.807) is 12.1 Å². The Bertz CT molecular complexity index is 557. The number of hydrogen-bond donors (Lipinski definition) is 1. The van der Waals surface area contributed by atoms with E-state index in [1.807, 2.05) is 18.2 Å². The molecule has 0 fully saturated rings. The molecule has 2 rings (SSSR count). The molecule has 0 radical (unpaired) electrons. The molecule has 21 heavy (non-hydrogen) atoms. The molecule has 1 N–H and O–H groups in total. The second kappa shape index (κ2) is 8.47. The monoisotopic (exact) mass is 303 g/mol. The summed E-state index contributed by atoms with van der Waals surface area (Å²) in [5.41, 5.74) is 2.25. The Morgan fingerprint density at radius 2 is 1.71 bits per heavy atom. The van der Waals surface area contributed by atoms with E-state index >= 15 is 0 Å². The van der Waals surface area contributed by atoms with Crippen molar-refractivity contribution in [1.29, 1.82) is 0 Å². The summed E-state index contributed by atoms with van der Waals surface area (Å²) in [5, 5.41) is 2.91. The number of rotatable bonds is 7. The molecule has 0 aliphatic heterocycles. The summed E-state index contributed by atoms with van der Waals surface area (Å²) in [6.07, 6.45) is 0.842. The summed E-state index contributed by atoms with van der Waals surface area (Å²) in [6.45, 7) is 0.653. The SMILES string of the molecule is O=C(CSCc1ccc(F)cc1)NCCc1ccccc1. The lowest BCUT2D eigenvalue weighted by molar-refractivity contribution is -0.118. The van der Waals surface area contributed by atoms with Crippen LogP contribution in [0, 0.1) is 5.82 Å². The largest absolute Gasteiger partial charge is 0.355 e. The maximum Gasteiger partial charge on any atom is 0.230 e. The standard InChI is InChI=1S/C17H18FNOS/c18-16-8-6-15(7-9-16)12-21-13-17(20)19-11-10-14-4-2-1-3-5-14/h1-9H,10-13H2,(H,19,20). The molecule has 0 saturated heterocycles. The van der Waals surface area contributed by atoms with Crippen molar-refractivity contribution in [2.24, 2.45) is 0 Å². The van der Waals surface area contributed by atoms with Crippen molar-refractivity contribution in [3.8, 4) is 0 Å². The Balaban J connectivity index is 1.60. The van der Waals surface area contributed by atoms with Crippen LogP contribution in [-0.2, 0) is 17.0 Å². The number of halogens is 1. The van der Waals surface area contributed by atoms with Crippen LogP contribution >= 0.6 is 11.8 Å². The minimum atomic E-state index is -0.234. The molecule has 0 atom stereocenters. The van der Waals surface area contributed by atoms with Gasteiger partial charge in [0.05, 0.1) is 5.75 Å². The third-order valence-corrected chi connectivity index (χ3v) is 4.00. The Morgan fingerprint density at radius 1 is 1.00 bits per heavy atom. The summed E-state index contributed by atoms with van der Waals surface area (Å²) < 4.78 is 12.7. The predicted octanol–water partition coefficient (Wildman–Crippen LogP) is 3.42. The Morgan fingerprint density at radius 3 is 2.43 bits per heavy atom. The van der Waals surface area contributed by atoms with Crippen molar-refractivity contribution < 1.29 is 9.18 Å². The van der Waals surface area contributed by atoms with E-state index in [2.05, 4.69) is 17.4 Å². The molecule has 0 aliphatic carbocycles. The lowest BCUT2D eigenvalue weighted by Crippen LogP contribution is -2.27. The van der Waals surface area contributed by atoms with Gasteiger partial charge < -0.3 is 5.32 Å². The Labute approximate surface area is 128 Å². The molecule has 110 valence electrons. The van der Waals surface area contributed by atoms with Crippen LogP contribution in [0.15, 0.2) is 54.6 Å². The van der Waals surface area contributed by atoms with Crippen molar-refractivity contribution in [2.45, 2.75) is 12.2 Å². The van der Waals surface area contributed by atoms with Gasteiger partial charge in [-0.2, -0.15) is 0 Å². The van der Waals surface area contributed by atoms with E-state index in [0.29, 0.717) is 18.1 Å². The average Bonchev–Trinajstić information content (AvgIpc) is 2.50. The van der Waals surface area contributed by atoms with Crippen molar-refractivity contribution in [2.75, 3.05) is 12.3 Å². The highest BCUT2D eigenvalue weighted by Crippen LogP contribution is 2.12. The maximum atomic E-state index is 12.7. The molecule has 4 heteroatoms. The molecule has 0 heterocycles. The molecule has 0 unspecified atom stereocenters. The van der Waals surface area contributed by atoms with Crippen LogP contribution in [0.3, 0.4) is 0 Å². The summed E-state index contributed by atoms with van der Waals surface area (Å²) in [6, 6.07) is 16.4. The van der Waals surface area contributed by atoms with Gasteiger partial charge in [0.15, 0.2) is 0 Å². The van der Waals surface area contributed by atoms with E-state index in [0.717, 1.165) is 12.0 Å². The number of hydrogen-bond acceptors (Lipinski definition) is 2. The van der Waals surface area contributed by atoms with Gasteiger partial charge in [0.25, 0.3) is 0 Å². The Hall–Kier alpha value is -1.81. The van der Waals surface area contributed by atoms with Gasteiger partial charge in [-0.25, -0.2) is 4.39 Å². The quantitative estimate of drug-likeness (QED) is 0.849. The smallest absolute Gasteiger partial charge is 0.230 e. The molecular formula is C17H18FNOS. The van der Waals surface area contributed by atoms with Crippen LogP contribution < -0.4 is 5.32 Å². The van der Waals surface area contributed by atoms with Gasteiger partial charge >= 0.3 is 0 Å². The van der Waals surface area contributed by atoms with Gasteiger partial charge in [-0.05, 0) is 29.7 Å². The molecule has 1 amide bonds. The fourth-order valence-electron chi connectivity index (χ4n) is 1.88. The number of carbonyl (C=O) groups excluding carboxylic acids is 1. The Kier molecular flexibility index (Phi) is 6.28.